The molecule has 4 nitrogen and oxygen atoms in total. The van der Waals surface area contributed by atoms with E-state index in [0.717, 1.165) is 17.5 Å². The molecule has 2 aromatic rings. The minimum absolute atomic E-state index is 0.251. The highest BCUT2D eigenvalue weighted by molar-refractivity contribution is 7.90. The molecule has 0 atom stereocenters. The van der Waals surface area contributed by atoms with Gasteiger partial charge in [0.05, 0.1) is 11.5 Å². The third kappa shape index (κ3) is 2.99. The second-order valence-electron chi connectivity index (χ2n) is 5.51. The molecule has 1 saturated carbocycles. The third-order valence-electron chi connectivity index (χ3n) is 4.07. The monoisotopic (exact) mass is 325 g/mol. The standard InChI is InChI=1S/C15H19NO3S2/c17-10-14-15(12-7-3-4-8-13(12)20-14)21(18,19)16-9-11-5-1-2-6-11/h3-4,7-8,11,16-17H,1-2,5-6,9-10H2. The van der Waals surface area contributed by atoms with Crippen molar-refractivity contribution in [3.63, 3.8) is 0 Å². The molecular formula is C15H19NO3S2. The highest BCUT2D eigenvalue weighted by Gasteiger charge is 2.25. The lowest BCUT2D eigenvalue weighted by Gasteiger charge is -2.11. The van der Waals surface area contributed by atoms with Crippen molar-refractivity contribution in [2.45, 2.75) is 37.2 Å². The summed E-state index contributed by atoms with van der Waals surface area (Å²) in [7, 11) is -3.57. The van der Waals surface area contributed by atoms with E-state index in [9.17, 15) is 13.5 Å². The summed E-state index contributed by atoms with van der Waals surface area (Å²) in [5.41, 5.74) is 0. The lowest BCUT2D eigenvalue weighted by atomic mass is 10.1. The quantitative estimate of drug-likeness (QED) is 0.888. The highest BCUT2D eigenvalue weighted by Crippen LogP contribution is 2.35. The van der Waals surface area contributed by atoms with Crippen LogP contribution in [0.4, 0.5) is 0 Å². The summed E-state index contributed by atoms with van der Waals surface area (Å²) < 4.78 is 28.9. The van der Waals surface area contributed by atoms with E-state index in [1.165, 1.54) is 24.2 Å². The average Bonchev–Trinajstić information content (AvgIpc) is 3.12. The molecule has 0 aliphatic heterocycles. The maximum atomic E-state index is 12.6. The summed E-state index contributed by atoms with van der Waals surface area (Å²) >= 11 is 1.34. The molecule has 1 aliphatic rings. The Hall–Kier alpha value is -0.950. The topological polar surface area (TPSA) is 66.4 Å². The van der Waals surface area contributed by atoms with Gasteiger partial charge in [-0.05, 0) is 24.8 Å². The predicted molar refractivity (Wildman–Crippen MR) is 84.9 cm³/mol. The molecule has 1 fully saturated rings. The lowest BCUT2D eigenvalue weighted by molar-refractivity contribution is 0.283. The molecule has 0 amide bonds. The van der Waals surface area contributed by atoms with E-state index in [4.69, 9.17) is 0 Å². The van der Waals surface area contributed by atoms with Crippen LogP contribution in [0.2, 0.25) is 0 Å². The van der Waals surface area contributed by atoms with Crippen LogP contribution in [-0.2, 0) is 16.6 Å². The Kier molecular flexibility index (Phi) is 4.31. The number of rotatable bonds is 5. The van der Waals surface area contributed by atoms with Crippen LogP contribution in [0.1, 0.15) is 30.6 Å². The molecule has 0 unspecified atom stereocenters. The zero-order valence-electron chi connectivity index (χ0n) is 11.7. The number of hydrogen-bond acceptors (Lipinski definition) is 4. The second kappa shape index (κ2) is 6.04. The molecule has 0 spiro atoms. The molecule has 0 saturated heterocycles. The maximum Gasteiger partial charge on any atom is 0.242 e. The van der Waals surface area contributed by atoms with Crippen molar-refractivity contribution >= 4 is 31.4 Å². The van der Waals surface area contributed by atoms with E-state index >= 15 is 0 Å². The third-order valence-corrected chi connectivity index (χ3v) is 6.90. The number of fused-ring (bicyclic) bond motifs is 1. The van der Waals surface area contributed by atoms with Gasteiger partial charge in [0.15, 0.2) is 0 Å². The number of thiophene rings is 1. The van der Waals surface area contributed by atoms with Crippen molar-refractivity contribution < 1.29 is 13.5 Å². The van der Waals surface area contributed by atoms with Crippen molar-refractivity contribution in [3.8, 4) is 0 Å². The van der Waals surface area contributed by atoms with Gasteiger partial charge in [-0.1, -0.05) is 31.0 Å². The smallest absolute Gasteiger partial charge is 0.242 e. The van der Waals surface area contributed by atoms with Gasteiger partial charge in [0.1, 0.15) is 4.90 Å². The Labute approximate surface area is 128 Å². The van der Waals surface area contributed by atoms with E-state index in [0.29, 0.717) is 22.7 Å². The van der Waals surface area contributed by atoms with Crippen LogP contribution in [-0.4, -0.2) is 20.1 Å². The van der Waals surface area contributed by atoms with Gasteiger partial charge in [0.2, 0.25) is 10.0 Å². The first kappa shape index (κ1) is 15.0. The van der Waals surface area contributed by atoms with Gasteiger partial charge in [-0.3, -0.25) is 0 Å². The molecule has 1 aromatic heterocycles. The van der Waals surface area contributed by atoms with Crippen LogP contribution in [0.5, 0.6) is 0 Å². The predicted octanol–water partition coefficient (Wildman–Crippen LogP) is 2.86. The fraction of sp³-hybridized carbons (Fsp3) is 0.467. The fourth-order valence-electron chi connectivity index (χ4n) is 2.99. The average molecular weight is 325 g/mol. The SMILES string of the molecule is O=S(=O)(NCC1CCCC1)c1c(CO)sc2ccccc12. The normalized spacial score (nSPS) is 16.8. The Morgan fingerprint density at radius 2 is 1.95 bits per heavy atom. The summed E-state index contributed by atoms with van der Waals surface area (Å²) in [5, 5.41) is 10.2. The van der Waals surface area contributed by atoms with Gasteiger partial charge in [0, 0.05) is 16.6 Å². The molecule has 3 rings (SSSR count). The molecule has 1 aliphatic carbocycles. The first-order valence-corrected chi connectivity index (χ1v) is 9.52. The summed E-state index contributed by atoms with van der Waals surface area (Å²) in [6.07, 6.45) is 4.57. The van der Waals surface area contributed by atoms with E-state index in [1.54, 1.807) is 6.07 Å². The molecule has 0 bridgehead atoms. The maximum absolute atomic E-state index is 12.6. The van der Waals surface area contributed by atoms with E-state index in [1.807, 2.05) is 18.2 Å². The van der Waals surface area contributed by atoms with E-state index in [-0.39, 0.29) is 11.5 Å². The largest absolute Gasteiger partial charge is 0.391 e. The zero-order chi connectivity index (χ0) is 14.9. The molecular weight excluding hydrogens is 306 g/mol. The number of aliphatic hydroxyl groups is 1. The van der Waals surface area contributed by atoms with Crippen LogP contribution in [0.15, 0.2) is 29.2 Å². The van der Waals surface area contributed by atoms with Crippen LogP contribution in [0.3, 0.4) is 0 Å². The number of benzene rings is 1. The van der Waals surface area contributed by atoms with Gasteiger partial charge in [0.25, 0.3) is 0 Å². The molecule has 1 heterocycles. The van der Waals surface area contributed by atoms with Crippen LogP contribution >= 0.6 is 11.3 Å². The first-order chi connectivity index (χ1) is 10.1. The van der Waals surface area contributed by atoms with Gasteiger partial charge in [-0.15, -0.1) is 11.3 Å². The van der Waals surface area contributed by atoms with Crippen molar-refractivity contribution in [2.24, 2.45) is 5.92 Å². The minimum Gasteiger partial charge on any atom is -0.391 e. The molecule has 1 aromatic carbocycles. The summed E-state index contributed by atoms with van der Waals surface area (Å²) in [4.78, 5) is 0.763. The van der Waals surface area contributed by atoms with Crippen LogP contribution in [0, 0.1) is 5.92 Å². The molecule has 114 valence electrons. The van der Waals surface area contributed by atoms with E-state index < -0.39 is 10.0 Å². The van der Waals surface area contributed by atoms with Gasteiger partial charge in [-0.25, -0.2) is 13.1 Å². The number of aliphatic hydroxyl groups excluding tert-OH is 1. The molecule has 2 N–H and O–H groups in total. The Balaban J connectivity index is 1.93. The number of hydrogen-bond donors (Lipinski definition) is 2. The lowest BCUT2D eigenvalue weighted by Crippen LogP contribution is -2.29. The van der Waals surface area contributed by atoms with E-state index in [2.05, 4.69) is 4.72 Å². The fourth-order valence-corrected chi connectivity index (χ4v) is 5.89. The van der Waals surface area contributed by atoms with Crippen LogP contribution < -0.4 is 4.72 Å². The summed E-state index contributed by atoms with van der Waals surface area (Å²) in [5.74, 6) is 0.447. The molecule has 6 heteroatoms. The van der Waals surface area contributed by atoms with Gasteiger partial charge >= 0.3 is 0 Å². The number of sulfonamides is 1. The van der Waals surface area contributed by atoms with Gasteiger partial charge < -0.3 is 5.11 Å². The molecule has 0 radical (unpaired) electrons. The zero-order valence-corrected chi connectivity index (χ0v) is 13.3. The summed E-state index contributed by atoms with van der Waals surface area (Å²) in [6.45, 7) is 0.246. The minimum atomic E-state index is -3.57. The Morgan fingerprint density at radius 1 is 1.24 bits per heavy atom. The van der Waals surface area contributed by atoms with Crippen molar-refractivity contribution in [2.75, 3.05) is 6.54 Å². The van der Waals surface area contributed by atoms with Crippen molar-refractivity contribution in [1.82, 2.24) is 4.72 Å². The van der Waals surface area contributed by atoms with Gasteiger partial charge in [-0.2, -0.15) is 0 Å². The Bertz CT molecular complexity index is 730. The first-order valence-electron chi connectivity index (χ1n) is 7.23. The van der Waals surface area contributed by atoms with Crippen molar-refractivity contribution in [3.05, 3.63) is 29.1 Å². The van der Waals surface area contributed by atoms with Crippen molar-refractivity contribution in [1.29, 1.82) is 0 Å². The summed E-state index contributed by atoms with van der Waals surface area (Å²) in [6, 6.07) is 7.39. The second-order valence-corrected chi connectivity index (χ2v) is 8.35. The molecule has 21 heavy (non-hydrogen) atoms. The Morgan fingerprint density at radius 3 is 2.67 bits per heavy atom. The number of nitrogens with one attached hydrogen (secondary N) is 1. The van der Waals surface area contributed by atoms with Crippen LogP contribution in [0.25, 0.3) is 10.1 Å². The highest BCUT2D eigenvalue weighted by atomic mass is 32.2.